The Morgan fingerprint density at radius 2 is 1.88 bits per heavy atom. The van der Waals surface area contributed by atoms with Crippen molar-refractivity contribution in [3.8, 4) is 0 Å². The summed E-state index contributed by atoms with van der Waals surface area (Å²) < 4.78 is 29.8. The van der Waals surface area contributed by atoms with Gasteiger partial charge in [0.05, 0.1) is 16.3 Å². The van der Waals surface area contributed by atoms with E-state index in [0.717, 1.165) is 17.5 Å². The van der Waals surface area contributed by atoms with Crippen molar-refractivity contribution in [1.82, 2.24) is 24.6 Å². The van der Waals surface area contributed by atoms with E-state index in [2.05, 4.69) is 34.7 Å². The number of carbonyl (C=O) groups excluding carboxylic acids is 1. The lowest BCUT2D eigenvalue weighted by Crippen LogP contribution is -2.45. The third kappa shape index (κ3) is 4.94. The normalized spacial score (nSPS) is 17.5. The molecule has 1 atom stereocenters. The molecule has 1 N–H and O–H groups in total. The Bertz CT molecular complexity index is 1230. The van der Waals surface area contributed by atoms with E-state index in [4.69, 9.17) is 0 Å². The predicted octanol–water partition coefficient (Wildman–Crippen LogP) is 3.29. The first-order valence-corrected chi connectivity index (χ1v) is 12.9. The zero-order chi connectivity index (χ0) is 23.6. The quantitative estimate of drug-likeness (QED) is 0.573. The van der Waals surface area contributed by atoms with Crippen molar-refractivity contribution in [2.75, 3.05) is 13.1 Å². The smallest absolute Gasteiger partial charge is 0.243 e. The number of nitrogens with one attached hydrogen (secondary N) is 1. The van der Waals surface area contributed by atoms with Crippen molar-refractivity contribution in [3.05, 3.63) is 53.6 Å². The fourth-order valence-electron chi connectivity index (χ4n) is 4.21. The highest BCUT2D eigenvalue weighted by atomic mass is 32.2. The van der Waals surface area contributed by atoms with Crippen LogP contribution in [0.4, 0.5) is 0 Å². The molecule has 8 nitrogen and oxygen atoms in total. The molecule has 0 radical (unpaired) electrons. The molecule has 0 unspecified atom stereocenters. The van der Waals surface area contributed by atoms with Crippen molar-refractivity contribution in [2.45, 2.75) is 57.5 Å². The first-order chi connectivity index (χ1) is 15.8. The Kier molecular flexibility index (Phi) is 6.81. The van der Waals surface area contributed by atoms with Crippen molar-refractivity contribution in [1.29, 1.82) is 0 Å². The van der Waals surface area contributed by atoms with Crippen molar-refractivity contribution in [3.63, 3.8) is 0 Å². The molecular formula is C24H31N5O3S. The molecule has 0 bridgehead atoms. The lowest BCUT2D eigenvalue weighted by molar-refractivity contribution is -0.126. The second kappa shape index (κ2) is 9.61. The molecule has 0 spiro atoms. The molecule has 1 aliphatic heterocycles. The standard InChI is InChI=1S/C24H31N5O3S/c1-4-18-7-9-19(10-8-18)15-25-24(30)20-6-5-13-28(16-20)33(31,32)21-11-12-23-22(14-21)26-27-29(23)17(2)3/h7-12,14,17,20H,4-6,13,15-16H2,1-3H3,(H,25,30)/t20-/m1/s1. The van der Waals surface area contributed by atoms with Gasteiger partial charge in [-0.05, 0) is 62.4 Å². The van der Waals surface area contributed by atoms with Gasteiger partial charge in [-0.1, -0.05) is 36.4 Å². The Balaban J connectivity index is 1.44. The third-order valence-corrected chi connectivity index (χ3v) is 8.08. The Hall–Kier alpha value is -2.78. The van der Waals surface area contributed by atoms with Crippen LogP contribution in [0.15, 0.2) is 47.4 Å². The monoisotopic (exact) mass is 469 g/mol. The average molecular weight is 470 g/mol. The van der Waals surface area contributed by atoms with Crippen LogP contribution in [0.3, 0.4) is 0 Å². The second-order valence-electron chi connectivity index (χ2n) is 8.87. The fraction of sp³-hybridized carbons (Fsp3) is 0.458. The number of carbonyl (C=O) groups is 1. The van der Waals surface area contributed by atoms with Crippen LogP contribution >= 0.6 is 0 Å². The van der Waals surface area contributed by atoms with Gasteiger partial charge in [-0.25, -0.2) is 13.1 Å². The minimum atomic E-state index is -3.73. The van der Waals surface area contributed by atoms with Gasteiger partial charge in [-0.3, -0.25) is 4.79 Å². The molecule has 1 aliphatic rings. The van der Waals surface area contributed by atoms with Gasteiger partial charge < -0.3 is 5.32 Å². The van der Waals surface area contributed by atoms with Gasteiger partial charge in [0.1, 0.15) is 5.52 Å². The summed E-state index contributed by atoms with van der Waals surface area (Å²) in [6, 6.07) is 13.2. The number of hydrogen-bond acceptors (Lipinski definition) is 5. The summed E-state index contributed by atoms with van der Waals surface area (Å²) in [5.74, 6) is -0.473. The average Bonchev–Trinajstić information content (AvgIpc) is 3.26. The number of aromatic nitrogens is 3. The lowest BCUT2D eigenvalue weighted by atomic mass is 9.98. The summed E-state index contributed by atoms with van der Waals surface area (Å²) in [4.78, 5) is 13.0. The molecule has 2 heterocycles. The number of piperidine rings is 1. The van der Waals surface area contributed by atoms with Crippen LogP contribution in [0.5, 0.6) is 0 Å². The fourth-order valence-corrected chi connectivity index (χ4v) is 5.76. The highest BCUT2D eigenvalue weighted by Gasteiger charge is 2.33. The van der Waals surface area contributed by atoms with Crippen molar-refractivity contribution >= 4 is 27.0 Å². The van der Waals surface area contributed by atoms with E-state index in [9.17, 15) is 13.2 Å². The van der Waals surface area contributed by atoms with E-state index >= 15 is 0 Å². The summed E-state index contributed by atoms with van der Waals surface area (Å²) in [5, 5.41) is 11.2. The molecule has 1 aromatic heterocycles. The largest absolute Gasteiger partial charge is 0.352 e. The number of benzene rings is 2. The number of fused-ring (bicyclic) bond motifs is 1. The molecule has 176 valence electrons. The number of sulfonamides is 1. The van der Waals surface area contributed by atoms with Crippen LogP contribution in [0, 0.1) is 5.92 Å². The number of rotatable bonds is 7. The minimum Gasteiger partial charge on any atom is -0.352 e. The SMILES string of the molecule is CCc1ccc(CNC(=O)[C@@H]2CCCN(S(=O)(=O)c3ccc4c(c3)nnn4C(C)C)C2)cc1. The molecule has 9 heteroatoms. The highest BCUT2D eigenvalue weighted by Crippen LogP contribution is 2.26. The first kappa shape index (κ1) is 23.4. The summed E-state index contributed by atoms with van der Waals surface area (Å²) in [6.07, 6.45) is 2.30. The Labute approximate surface area is 195 Å². The molecule has 1 saturated heterocycles. The van der Waals surface area contributed by atoms with E-state index in [1.165, 1.54) is 9.87 Å². The van der Waals surface area contributed by atoms with Gasteiger partial charge in [0.25, 0.3) is 0 Å². The van der Waals surface area contributed by atoms with Gasteiger partial charge in [0.15, 0.2) is 0 Å². The second-order valence-corrected chi connectivity index (χ2v) is 10.8. The van der Waals surface area contributed by atoms with Crippen molar-refractivity contribution < 1.29 is 13.2 Å². The summed E-state index contributed by atoms with van der Waals surface area (Å²) in [6.45, 7) is 7.12. The van der Waals surface area contributed by atoms with Gasteiger partial charge in [-0.15, -0.1) is 5.10 Å². The summed E-state index contributed by atoms with van der Waals surface area (Å²) in [5.41, 5.74) is 3.63. The van der Waals surface area contributed by atoms with Gasteiger partial charge >= 0.3 is 0 Å². The van der Waals surface area contributed by atoms with Crippen LogP contribution in [0.1, 0.15) is 50.8 Å². The maximum Gasteiger partial charge on any atom is 0.243 e. The maximum atomic E-state index is 13.3. The Morgan fingerprint density at radius 1 is 1.15 bits per heavy atom. The van der Waals surface area contributed by atoms with E-state index in [-0.39, 0.29) is 29.3 Å². The molecule has 0 aliphatic carbocycles. The number of nitrogens with zero attached hydrogens (tertiary/aromatic N) is 4. The van der Waals surface area contributed by atoms with Gasteiger partial charge in [-0.2, -0.15) is 4.31 Å². The molecule has 33 heavy (non-hydrogen) atoms. The van der Waals surface area contributed by atoms with Crippen LogP contribution in [0.25, 0.3) is 11.0 Å². The predicted molar refractivity (Wildman–Crippen MR) is 127 cm³/mol. The molecule has 1 amide bonds. The van der Waals surface area contributed by atoms with Crippen LogP contribution in [-0.4, -0.2) is 46.7 Å². The highest BCUT2D eigenvalue weighted by molar-refractivity contribution is 7.89. The molecule has 0 saturated carbocycles. The maximum absolute atomic E-state index is 13.3. The van der Waals surface area contributed by atoms with Crippen LogP contribution in [-0.2, 0) is 27.8 Å². The van der Waals surface area contributed by atoms with Crippen molar-refractivity contribution in [2.24, 2.45) is 5.92 Å². The molecule has 1 fully saturated rings. The van der Waals surface area contributed by atoms with E-state index in [1.807, 2.05) is 26.0 Å². The molecule has 3 aromatic rings. The molecule has 4 rings (SSSR count). The first-order valence-electron chi connectivity index (χ1n) is 11.5. The zero-order valence-electron chi connectivity index (χ0n) is 19.4. The summed E-state index contributed by atoms with van der Waals surface area (Å²) in [7, 11) is -3.73. The minimum absolute atomic E-state index is 0.107. The van der Waals surface area contributed by atoms with Crippen LogP contribution < -0.4 is 5.32 Å². The zero-order valence-corrected chi connectivity index (χ0v) is 20.2. The Morgan fingerprint density at radius 3 is 2.58 bits per heavy atom. The van der Waals surface area contributed by atoms with E-state index < -0.39 is 10.0 Å². The number of hydrogen-bond donors (Lipinski definition) is 1. The van der Waals surface area contributed by atoms with E-state index in [0.29, 0.717) is 31.4 Å². The third-order valence-electron chi connectivity index (χ3n) is 6.22. The molecular weight excluding hydrogens is 438 g/mol. The molecule has 2 aromatic carbocycles. The number of aryl methyl sites for hydroxylation is 1. The van der Waals surface area contributed by atoms with Gasteiger partial charge in [0.2, 0.25) is 15.9 Å². The summed E-state index contributed by atoms with van der Waals surface area (Å²) >= 11 is 0. The van der Waals surface area contributed by atoms with Gasteiger partial charge in [0, 0.05) is 25.7 Å². The topological polar surface area (TPSA) is 97.2 Å². The lowest BCUT2D eigenvalue weighted by Gasteiger charge is -2.31. The van der Waals surface area contributed by atoms with Crippen LogP contribution in [0.2, 0.25) is 0 Å². The van der Waals surface area contributed by atoms with E-state index in [1.54, 1.807) is 22.9 Å². The number of amides is 1.